The van der Waals surface area contributed by atoms with Gasteiger partial charge in [0.25, 0.3) is 5.91 Å². The van der Waals surface area contributed by atoms with Gasteiger partial charge in [0.2, 0.25) is 0 Å². The minimum absolute atomic E-state index is 0.0326. The number of halogens is 2. The second-order valence-corrected chi connectivity index (χ2v) is 3.91. The summed E-state index contributed by atoms with van der Waals surface area (Å²) in [6.07, 6.45) is 0.0553. The number of rotatable bonds is 5. The molecule has 1 aromatic carbocycles. The van der Waals surface area contributed by atoms with Crippen LogP contribution in [0, 0.1) is 11.6 Å². The van der Waals surface area contributed by atoms with E-state index in [0.29, 0.717) is 0 Å². The quantitative estimate of drug-likeness (QED) is 0.769. The second kappa shape index (κ2) is 6.82. The third-order valence-corrected chi connectivity index (χ3v) is 2.47. The van der Waals surface area contributed by atoms with Crippen LogP contribution in [0.4, 0.5) is 8.78 Å². The lowest BCUT2D eigenvalue weighted by molar-refractivity contribution is -0.143. The Morgan fingerprint density at radius 1 is 1.26 bits per heavy atom. The van der Waals surface area contributed by atoms with E-state index < -0.39 is 23.5 Å². The van der Waals surface area contributed by atoms with Gasteiger partial charge >= 0.3 is 5.97 Å². The van der Waals surface area contributed by atoms with E-state index >= 15 is 0 Å². The van der Waals surface area contributed by atoms with Gasteiger partial charge < -0.3 is 9.64 Å². The van der Waals surface area contributed by atoms with Gasteiger partial charge in [-0.05, 0) is 25.1 Å². The summed E-state index contributed by atoms with van der Waals surface area (Å²) < 4.78 is 30.5. The SMILES string of the molecule is CCOC(=O)CCN(C)C(=O)c1ccc(F)c(F)c1. The van der Waals surface area contributed by atoms with Crippen LogP contribution < -0.4 is 0 Å². The lowest BCUT2D eigenvalue weighted by Crippen LogP contribution is -2.29. The van der Waals surface area contributed by atoms with Crippen molar-refractivity contribution in [2.75, 3.05) is 20.2 Å². The monoisotopic (exact) mass is 271 g/mol. The van der Waals surface area contributed by atoms with Crippen molar-refractivity contribution in [3.63, 3.8) is 0 Å². The van der Waals surface area contributed by atoms with Gasteiger partial charge in [0.05, 0.1) is 13.0 Å². The van der Waals surface area contributed by atoms with Crippen molar-refractivity contribution in [3.8, 4) is 0 Å². The zero-order valence-electron chi connectivity index (χ0n) is 10.8. The van der Waals surface area contributed by atoms with Gasteiger partial charge in [-0.25, -0.2) is 8.78 Å². The molecule has 0 aromatic heterocycles. The first-order valence-electron chi connectivity index (χ1n) is 5.81. The molecule has 0 aliphatic rings. The minimum Gasteiger partial charge on any atom is -0.466 e. The van der Waals surface area contributed by atoms with Crippen LogP contribution in [-0.4, -0.2) is 37.0 Å². The van der Waals surface area contributed by atoms with Gasteiger partial charge in [-0.15, -0.1) is 0 Å². The summed E-state index contributed by atoms with van der Waals surface area (Å²) in [6, 6.07) is 2.92. The van der Waals surface area contributed by atoms with Crippen molar-refractivity contribution < 1.29 is 23.1 Å². The second-order valence-electron chi connectivity index (χ2n) is 3.91. The van der Waals surface area contributed by atoms with Crippen LogP contribution in [0.15, 0.2) is 18.2 Å². The zero-order valence-corrected chi connectivity index (χ0v) is 10.8. The number of hydrogen-bond donors (Lipinski definition) is 0. The Hall–Kier alpha value is -1.98. The molecule has 0 saturated carbocycles. The first-order valence-corrected chi connectivity index (χ1v) is 5.81. The molecule has 0 aliphatic carbocycles. The number of carbonyl (C=O) groups excluding carboxylic acids is 2. The standard InChI is InChI=1S/C13H15F2NO3/c1-3-19-12(17)6-7-16(2)13(18)9-4-5-10(14)11(15)8-9/h4-5,8H,3,6-7H2,1-2H3. The van der Waals surface area contributed by atoms with Crippen molar-refractivity contribution >= 4 is 11.9 Å². The number of benzene rings is 1. The van der Waals surface area contributed by atoms with Crippen molar-refractivity contribution in [2.45, 2.75) is 13.3 Å². The summed E-state index contributed by atoms with van der Waals surface area (Å²) in [4.78, 5) is 24.3. The number of esters is 1. The van der Waals surface area contributed by atoms with Crippen molar-refractivity contribution in [3.05, 3.63) is 35.4 Å². The number of hydrogen-bond acceptors (Lipinski definition) is 3. The molecule has 1 aromatic rings. The zero-order chi connectivity index (χ0) is 14.4. The summed E-state index contributed by atoms with van der Waals surface area (Å²) in [7, 11) is 1.48. The molecule has 0 heterocycles. The molecule has 19 heavy (non-hydrogen) atoms. The predicted molar refractivity (Wildman–Crippen MR) is 64.6 cm³/mol. The first kappa shape index (κ1) is 15.1. The largest absolute Gasteiger partial charge is 0.466 e. The van der Waals surface area contributed by atoms with Crippen LogP contribution in [0.25, 0.3) is 0 Å². The highest BCUT2D eigenvalue weighted by atomic mass is 19.2. The number of nitrogens with zero attached hydrogens (tertiary/aromatic N) is 1. The Morgan fingerprint density at radius 2 is 1.95 bits per heavy atom. The molecule has 1 rings (SSSR count). The maximum Gasteiger partial charge on any atom is 0.307 e. The molecule has 0 spiro atoms. The lowest BCUT2D eigenvalue weighted by Gasteiger charge is -2.16. The number of carbonyl (C=O) groups is 2. The predicted octanol–water partition coefficient (Wildman–Crippen LogP) is 1.99. The van der Waals surface area contributed by atoms with Gasteiger partial charge in [-0.1, -0.05) is 0 Å². The molecule has 0 atom stereocenters. The van der Waals surface area contributed by atoms with Crippen molar-refractivity contribution in [1.29, 1.82) is 0 Å². The Balaban J connectivity index is 2.61. The summed E-state index contributed by atoms with van der Waals surface area (Å²) in [5.41, 5.74) is 0.0326. The third-order valence-electron chi connectivity index (χ3n) is 2.47. The molecule has 4 nitrogen and oxygen atoms in total. The van der Waals surface area contributed by atoms with Crippen LogP contribution in [-0.2, 0) is 9.53 Å². The smallest absolute Gasteiger partial charge is 0.307 e. The van der Waals surface area contributed by atoms with Gasteiger partial charge in [-0.3, -0.25) is 9.59 Å². The fourth-order valence-electron chi connectivity index (χ4n) is 1.44. The average molecular weight is 271 g/mol. The summed E-state index contributed by atoms with van der Waals surface area (Å²) in [6.45, 7) is 2.12. The van der Waals surface area contributed by atoms with Crippen LogP contribution in [0.1, 0.15) is 23.7 Å². The molecule has 0 aliphatic heterocycles. The van der Waals surface area contributed by atoms with E-state index in [2.05, 4.69) is 0 Å². The summed E-state index contributed by atoms with van der Waals surface area (Å²) in [5, 5.41) is 0. The van der Waals surface area contributed by atoms with E-state index in [9.17, 15) is 18.4 Å². The molecule has 104 valence electrons. The molecule has 0 fully saturated rings. The Kier molecular flexibility index (Phi) is 5.41. The topological polar surface area (TPSA) is 46.6 Å². The molecule has 6 heteroatoms. The van der Waals surface area contributed by atoms with Crippen molar-refractivity contribution in [2.24, 2.45) is 0 Å². The molecular weight excluding hydrogens is 256 g/mol. The first-order chi connectivity index (χ1) is 8.95. The molecule has 0 saturated heterocycles. The normalized spacial score (nSPS) is 10.1. The number of ether oxygens (including phenoxy) is 1. The van der Waals surface area contributed by atoms with Gasteiger partial charge in [0, 0.05) is 19.2 Å². The van der Waals surface area contributed by atoms with Gasteiger partial charge in [0.15, 0.2) is 11.6 Å². The molecule has 0 unspecified atom stereocenters. The molecule has 0 bridgehead atoms. The van der Waals surface area contributed by atoms with E-state index in [1.807, 2.05) is 0 Å². The highest BCUT2D eigenvalue weighted by Crippen LogP contribution is 2.10. The molecular formula is C13H15F2NO3. The average Bonchev–Trinajstić information content (AvgIpc) is 2.38. The van der Waals surface area contributed by atoms with E-state index in [1.165, 1.54) is 18.0 Å². The van der Waals surface area contributed by atoms with E-state index in [1.54, 1.807) is 6.92 Å². The maximum absolute atomic E-state index is 13.0. The summed E-state index contributed by atoms with van der Waals surface area (Å²) >= 11 is 0. The van der Waals surface area contributed by atoms with Gasteiger partial charge in [0.1, 0.15) is 0 Å². The molecule has 1 amide bonds. The summed E-state index contributed by atoms with van der Waals surface area (Å²) in [5.74, 6) is -2.98. The van der Waals surface area contributed by atoms with Crippen LogP contribution >= 0.6 is 0 Å². The van der Waals surface area contributed by atoms with Crippen LogP contribution in [0.2, 0.25) is 0 Å². The third kappa shape index (κ3) is 4.31. The highest BCUT2D eigenvalue weighted by molar-refractivity contribution is 5.94. The molecule has 0 N–H and O–H groups in total. The molecule has 0 radical (unpaired) electrons. The fraction of sp³-hybridized carbons (Fsp3) is 0.385. The lowest BCUT2D eigenvalue weighted by atomic mass is 10.2. The highest BCUT2D eigenvalue weighted by Gasteiger charge is 2.15. The Morgan fingerprint density at radius 3 is 2.53 bits per heavy atom. The van der Waals surface area contributed by atoms with E-state index in [4.69, 9.17) is 4.74 Å². The van der Waals surface area contributed by atoms with Crippen molar-refractivity contribution in [1.82, 2.24) is 4.90 Å². The Labute approximate surface area is 110 Å². The van der Waals surface area contributed by atoms with E-state index in [0.717, 1.165) is 12.1 Å². The maximum atomic E-state index is 13.0. The minimum atomic E-state index is -1.08. The number of amides is 1. The van der Waals surface area contributed by atoms with Gasteiger partial charge in [-0.2, -0.15) is 0 Å². The van der Waals surface area contributed by atoms with Crippen LogP contribution in [0.5, 0.6) is 0 Å². The van der Waals surface area contributed by atoms with Crippen LogP contribution in [0.3, 0.4) is 0 Å². The Bertz CT molecular complexity index is 477. The fourth-order valence-corrected chi connectivity index (χ4v) is 1.44. The van der Waals surface area contributed by atoms with E-state index in [-0.39, 0.29) is 25.1 Å².